The maximum absolute atomic E-state index is 12.1. The van der Waals surface area contributed by atoms with Crippen LogP contribution in [0.1, 0.15) is 69.2 Å². The molecule has 0 amide bonds. The van der Waals surface area contributed by atoms with Crippen molar-refractivity contribution in [2.24, 2.45) is 0 Å². The van der Waals surface area contributed by atoms with Crippen LogP contribution < -0.4 is 0 Å². The molecule has 0 saturated carbocycles. The number of carbonyl (C=O) groups is 1. The van der Waals surface area contributed by atoms with Gasteiger partial charge in [-0.05, 0) is 24.1 Å². The molecule has 2 nitrogen and oxygen atoms in total. The largest absolute Gasteiger partial charge is 0.292 e. The van der Waals surface area contributed by atoms with Gasteiger partial charge in [0.25, 0.3) is 0 Å². The summed E-state index contributed by atoms with van der Waals surface area (Å²) in [6.07, 6.45) is 3.09. The average molecular weight is 430 g/mol. The summed E-state index contributed by atoms with van der Waals surface area (Å²) < 4.78 is 0. The molecule has 1 aromatic heterocycles. The van der Waals surface area contributed by atoms with E-state index < -0.39 is 0 Å². The summed E-state index contributed by atoms with van der Waals surface area (Å²) in [6.45, 7) is 12.2. The third-order valence-corrected chi connectivity index (χ3v) is 5.56. The van der Waals surface area contributed by atoms with Crippen molar-refractivity contribution in [1.82, 2.24) is 4.98 Å². The third-order valence-electron chi connectivity index (χ3n) is 4.10. The molecule has 0 aliphatic carbocycles. The molecular formula is C25H32ClNOS. The van der Waals surface area contributed by atoms with Crippen LogP contribution >= 0.6 is 22.9 Å². The van der Waals surface area contributed by atoms with E-state index in [-0.39, 0.29) is 5.78 Å². The van der Waals surface area contributed by atoms with Crippen molar-refractivity contribution >= 4 is 28.7 Å². The van der Waals surface area contributed by atoms with Gasteiger partial charge < -0.3 is 0 Å². The van der Waals surface area contributed by atoms with Crippen LogP contribution in [0.2, 0.25) is 5.02 Å². The van der Waals surface area contributed by atoms with Gasteiger partial charge >= 0.3 is 0 Å². The van der Waals surface area contributed by atoms with Gasteiger partial charge in [-0.25, -0.2) is 4.98 Å². The number of aromatic nitrogens is 1. The minimum atomic E-state index is 0.0571. The van der Waals surface area contributed by atoms with Crippen LogP contribution in [0.25, 0.3) is 21.7 Å². The molecule has 29 heavy (non-hydrogen) atoms. The van der Waals surface area contributed by atoms with E-state index in [9.17, 15) is 4.79 Å². The number of carbonyl (C=O) groups excluding carboxylic acids is 1. The number of hydrogen-bond acceptors (Lipinski definition) is 3. The first kappa shape index (κ1) is 25.1. The van der Waals surface area contributed by atoms with Gasteiger partial charge in [0, 0.05) is 12.0 Å². The zero-order chi connectivity index (χ0) is 21.8. The SMILES string of the molecule is CC.CCC(=O)c1nc(-c2ccc(C)cc2Cl)c(-c2ccccc2)s1.CCCC. The van der Waals surface area contributed by atoms with E-state index in [2.05, 4.69) is 18.8 Å². The van der Waals surface area contributed by atoms with Gasteiger partial charge in [-0.2, -0.15) is 0 Å². The molecular weight excluding hydrogens is 398 g/mol. The van der Waals surface area contributed by atoms with Gasteiger partial charge in [0.15, 0.2) is 10.8 Å². The fourth-order valence-corrected chi connectivity index (χ4v) is 3.79. The monoisotopic (exact) mass is 429 g/mol. The summed E-state index contributed by atoms with van der Waals surface area (Å²) >= 11 is 7.86. The summed E-state index contributed by atoms with van der Waals surface area (Å²) in [5.41, 5.74) is 3.79. The molecule has 4 heteroatoms. The van der Waals surface area contributed by atoms with Crippen molar-refractivity contribution in [2.75, 3.05) is 0 Å². The Bertz CT molecular complexity index is 885. The Kier molecular flexibility index (Phi) is 11.5. The summed E-state index contributed by atoms with van der Waals surface area (Å²) in [6, 6.07) is 15.9. The molecule has 0 bridgehead atoms. The molecule has 156 valence electrons. The van der Waals surface area contributed by atoms with Gasteiger partial charge in [-0.3, -0.25) is 4.79 Å². The average Bonchev–Trinajstić information content (AvgIpc) is 3.20. The van der Waals surface area contributed by atoms with Gasteiger partial charge in [0.1, 0.15) is 0 Å². The molecule has 0 unspecified atom stereocenters. The number of aryl methyl sites for hydroxylation is 1. The Morgan fingerprint density at radius 2 is 1.62 bits per heavy atom. The van der Waals surface area contributed by atoms with E-state index in [0.29, 0.717) is 16.5 Å². The van der Waals surface area contributed by atoms with Crippen LogP contribution in [0.15, 0.2) is 48.5 Å². The van der Waals surface area contributed by atoms with Crippen LogP contribution in [0, 0.1) is 6.92 Å². The van der Waals surface area contributed by atoms with Crippen LogP contribution in [-0.2, 0) is 0 Å². The van der Waals surface area contributed by atoms with Crippen LogP contribution in [0.4, 0.5) is 0 Å². The summed E-state index contributed by atoms with van der Waals surface area (Å²) in [4.78, 5) is 17.7. The Morgan fingerprint density at radius 3 is 2.14 bits per heavy atom. The zero-order valence-electron chi connectivity index (χ0n) is 18.4. The molecule has 0 aliphatic rings. The molecule has 0 N–H and O–H groups in total. The number of ketones is 1. The highest BCUT2D eigenvalue weighted by molar-refractivity contribution is 7.17. The molecule has 0 atom stereocenters. The first-order valence-corrected chi connectivity index (χ1v) is 11.6. The van der Waals surface area contributed by atoms with E-state index in [0.717, 1.165) is 27.3 Å². The second-order valence-corrected chi connectivity index (χ2v) is 7.73. The fourth-order valence-electron chi connectivity index (χ4n) is 2.37. The van der Waals surface area contributed by atoms with Crippen LogP contribution in [-0.4, -0.2) is 10.8 Å². The first-order chi connectivity index (χ1) is 14.0. The number of hydrogen-bond donors (Lipinski definition) is 0. The number of nitrogens with zero attached hydrogens (tertiary/aromatic N) is 1. The highest BCUT2D eigenvalue weighted by atomic mass is 35.5. The lowest BCUT2D eigenvalue weighted by molar-refractivity contribution is 0.0988. The Balaban J connectivity index is 0.000000627. The summed E-state index contributed by atoms with van der Waals surface area (Å²) in [5, 5.41) is 1.20. The quantitative estimate of drug-likeness (QED) is 0.379. The van der Waals surface area contributed by atoms with Gasteiger partial charge in [-0.15, -0.1) is 11.3 Å². The van der Waals surface area contributed by atoms with Gasteiger partial charge in [-0.1, -0.05) is 102 Å². The lowest BCUT2D eigenvalue weighted by Crippen LogP contribution is -1.95. The minimum Gasteiger partial charge on any atom is -0.292 e. The van der Waals surface area contributed by atoms with Crippen molar-refractivity contribution in [3.8, 4) is 21.7 Å². The molecule has 3 rings (SSSR count). The molecule has 0 spiro atoms. The maximum Gasteiger partial charge on any atom is 0.191 e. The first-order valence-electron chi connectivity index (χ1n) is 10.4. The van der Waals surface area contributed by atoms with Crippen molar-refractivity contribution in [2.45, 2.75) is 60.8 Å². The van der Waals surface area contributed by atoms with Crippen LogP contribution in [0.3, 0.4) is 0 Å². The molecule has 0 aliphatic heterocycles. The van der Waals surface area contributed by atoms with E-state index in [1.807, 2.05) is 76.2 Å². The number of unbranched alkanes of at least 4 members (excludes halogenated alkanes) is 1. The number of halogens is 1. The Morgan fingerprint density at radius 1 is 1.00 bits per heavy atom. The Labute approximate surface area is 185 Å². The van der Waals surface area contributed by atoms with E-state index in [1.54, 1.807) is 0 Å². The number of benzene rings is 2. The zero-order valence-corrected chi connectivity index (χ0v) is 20.0. The summed E-state index contributed by atoms with van der Waals surface area (Å²) in [5.74, 6) is 0.0571. The lowest BCUT2D eigenvalue weighted by atomic mass is 10.1. The minimum absolute atomic E-state index is 0.0571. The number of rotatable bonds is 5. The lowest BCUT2D eigenvalue weighted by Gasteiger charge is -2.06. The molecule has 1 heterocycles. The third kappa shape index (κ3) is 7.09. The number of thiazole rings is 1. The van der Waals surface area contributed by atoms with Gasteiger partial charge in [0.2, 0.25) is 0 Å². The number of Topliss-reactive ketones (excluding diaryl/α,β-unsaturated/α-hetero) is 1. The second-order valence-electron chi connectivity index (χ2n) is 6.32. The molecule has 3 aromatic rings. The van der Waals surface area contributed by atoms with Crippen molar-refractivity contribution in [3.63, 3.8) is 0 Å². The fraction of sp³-hybridized carbons (Fsp3) is 0.360. The highest BCUT2D eigenvalue weighted by Gasteiger charge is 2.19. The van der Waals surface area contributed by atoms with E-state index >= 15 is 0 Å². The normalized spacial score (nSPS) is 9.76. The predicted molar refractivity (Wildman–Crippen MR) is 129 cm³/mol. The molecule has 0 radical (unpaired) electrons. The van der Waals surface area contributed by atoms with Crippen molar-refractivity contribution < 1.29 is 4.79 Å². The van der Waals surface area contributed by atoms with Crippen molar-refractivity contribution in [3.05, 3.63) is 64.1 Å². The summed E-state index contributed by atoms with van der Waals surface area (Å²) in [7, 11) is 0. The van der Waals surface area contributed by atoms with Gasteiger partial charge in [0.05, 0.1) is 15.6 Å². The topological polar surface area (TPSA) is 30.0 Å². The Hall–Kier alpha value is -1.97. The van der Waals surface area contributed by atoms with E-state index in [4.69, 9.17) is 11.6 Å². The molecule has 0 fully saturated rings. The smallest absolute Gasteiger partial charge is 0.191 e. The predicted octanol–water partition coefficient (Wildman–Crippen LogP) is 8.86. The molecule has 2 aromatic carbocycles. The highest BCUT2D eigenvalue weighted by Crippen LogP contribution is 2.40. The standard InChI is InChI=1S/C19H16ClNOS.C4H10.C2H6/c1-3-16(22)19-21-17(14-10-9-12(2)11-15(14)20)18(23-19)13-7-5-4-6-8-13;1-3-4-2;1-2/h4-11H,3H2,1-2H3;3-4H2,1-2H3;1-2H3. The second kappa shape index (κ2) is 13.3. The van der Waals surface area contributed by atoms with Crippen LogP contribution in [0.5, 0.6) is 0 Å². The van der Waals surface area contributed by atoms with Crippen molar-refractivity contribution in [1.29, 1.82) is 0 Å². The maximum atomic E-state index is 12.1. The molecule has 0 saturated heterocycles. The van der Waals surface area contributed by atoms with E-state index in [1.165, 1.54) is 24.2 Å².